The van der Waals surface area contributed by atoms with Crippen molar-refractivity contribution in [3.63, 3.8) is 0 Å². The fraction of sp³-hybridized carbons (Fsp3) is 0.867. The zero-order valence-electron chi connectivity index (χ0n) is 13.6. The molecule has 5 N–H and O–H groups in total. The fourth-order valence-electron chi connectivity index (χ4n) is 3.74. The van der Waals surface area contributed by atoms with Crippen LogP contribution in [0, 0.1) is 11.8 Å². The van der Waals surface area contributed by atoms with Gasteiger partial charge in [-0.3, -0.25) is 9.59 Å². The molecule has 6 nitrogen and oxygen atoms in total. The second kappa shape index (κ2) is 6.32. The topological polar surface area (TPSA) is 110 Å². The van der Waals surface area contributed by atoms with Crippen molar-refractivity contribution < 1.29 is 14.8 Å². The average molecular weight is 299 g/mol. The van der Waals surface area contributed by atoms with E-state index in [4.69, 9.17) is 11.5 Å². The molecule has 1 rings (SSSR count). The van der Waals surface area contributed by atoms with Crippen LogP contribution < -0.4 is 11.5 Å². The predicted molar refractivity (Wildman–Crippen MR) is 80.2 cm³/mol. The Hall–Kier alpha value is -1.14. The molecule has 1 atom stereocenters. The van der Waals surface area contributed by atoms with Gasteiger partial charge in [-0.2, -0.15) is 5.06 Å². The maximum atomic E-state index is 11.8. The molecule has 0 aromatic heterocycles. The van der Waals surface area contributed by atoms with Crippen LogP contribution in [0.4, 0.5) is 0 Å². The molecule has 0 aliphatic carbocycles. The second-order valence-corrected chi connectivity index (χ2v) is 7.47. The molecule has 0 radical (unpaired) electrons. The zero-order chi connectivity index (χ0) is 16.4. The van der Waals surface area contributed by atoms with Gasteiger partial charge in [-0.25, -0.2) is 0 Å². The third-order valence-electron chi connectivity index (χ3n) is 4.54. The Morgan fingerprint density at radius 3 is 2.05 bits per heavy atom. The molecule has 1 aliphatic heterocycles. The van der Waals surface area contributed by atoms with E-state index < -0.39 is 11.1 Å². The van der Waals surface area contributed by atoms with E-state index >= 15 is 0 Å². The third kappa shape index (κ3) is 4.41. The maximum Gasteiger partial charge on any atom is 0.220 e. The number of carbonyl (C=O) groups excluding carboxylic acids is 2. The molecule has 0 aromatic carbocycles. The summed E-state index contributed by atoms with van der Waals surface area (Å²) in [6.07, 6.45) is 2.80. The summed E-state index contributed by atoms with van der Waals surface area (Å²) in [5.74, 6) is -0.869. The molecule has 1 aliphatic rings. The summed E-state index contributed by atoms with van der Waals surface area (Å²) >= 11 is 0. The Bertz CT molecular complexity index is 389. The second-order valence-electron chi connectivity index (χ2n) is 7.47. The van der Waals surface area contributed by atoms with E-state index in [0.29, 0.717) is 25.7 Å². The van der Waals surface area contributed by atoms with Crippen molar-refractivity contribution in [1.82, 2.24) is 5.06 Å². The van der Waals surface area contributed by atoms with Crippen molar-refractivity contribution >= 4 is 11.8 Å². The van der Waals surface area contributed by atoms with Crippen LogP contribution in [0.3, 0.4) is 0 Å². The number of nitrogens with two attached hydrogens (primary N) is 2. The highest BCUT2D eigenvalue weighted by molar-refractivity contribution is 5.77. The maximum absolute atomic E-state index is 11.8. The summed E-state index contributed by atoms with van der Waals surface area (Å²) in [4.78, 5) is 22.7. The minimum Gasteiger partial charge on any atom is -0.370 e. The van der Waals surface area contributed by atoms with Gasteiger partial charge < -0.3 is 16.7 Å². The van der Waals surface area contributed by atoms with E-state index in [-0.39, 0.29) is 30.1 Å². The van der Waals surface area contributed by atoms with Crippen molar-refractivity contribution in [2.45, 2.75) is 70.9 Å². The molecule has 0 aromatic rings. The Labute approximate surface area is 126 Å². The van der Waals surface area contributed by atoms with Crippen LogP contribution in [0.25, 0.3) is 0 Å². The molecule has 1 unspecified atom stereocenters. The Kier molecular flexibility index (Phi) is 5.39. The van der Waals surface area contributed by atoms with Gasteiger partial charge in [0.25, 0.3) is 0 Å². The molecule has 1 heterocycles. The molecule has 21 heavy (non-hydrogen) atoms. The summed E-state index contributed by atoms with van der Waals surface area (Å²) in [5, 5.41) is 11.7. The number of hydrogen-bond acceptors (Lipinski definition) is 4. The molecule has 0 spiro atoms. The quantitative estimate of drug-likeness (QED) is 0.688. The van der Waals surface area contributed by atoms with E-state index in [2.05, 4.69) is 0 Å². The number of hydroxylamine groups is 2. The minimum atomic E-state index is -0.413. The third-order valence-corrected chi connectivity index (χ3v) is 4.54. The lowest BCUT2D eigenvalue weighted by molar-refractivity contribution is -0.253. The van der Waals surface area contributed by atoms with Gasteiger partial charge in [0.2, 0.25) is 11.8 Å². The van der Waals surface area contributed by atoms with Crippen LogP contribution in [0.1, 0.15) is 59.8 Å². The summed E-state index contributed by atoms with van der Waals surface area (Å²) in [7, 11) is 0. The Balaban J connectivity index is 2.83. The van der Waals surface area contributed by atoms with Gasteiger partial charge >= 0.3 is 0 Å². The molecular formula is C15H29N3O3. The molecule has 2 amide bonds. The number of hydrogen-bond donors (Lipinski definition) is 3. The zero-order valence-corrected chi connectivity index (χ0v) is 13.6. The van der Waals surface area contributed by atoms with E-state index in [1.165, 1.54) is 5.06 Å². The van der Waals surface area contributed by atoms with Gasteiger partial charge in [0.1, 0.15) is 0 Å². The molecule has 1 saturated heterocycles. The van der Waals surface area contributed by atoms with E-state index in [1.807, 2.05) is 27.7 Å². The number of piperidine rings is 1. The summed E-state index contributed by atoms with van der Waals surface area (Å²) in [6.45, 7) is 7.84. The summed E-state index contributed by atoms with van der Waals surface area (Å²) in [6, 6.07) is 0. The number of rotatable bonds is 6. The highest BCUT2D eigenvalue weighted by Crippen LogP contribution is 2.43. The van der Waals surface area contributed by atoms with Crippen LogP contribution in [0.2, 0.25) is 0 Å². The lowest BCUT2D eigenvalue weighted by Gasteiger charge is -2.52. The molecular weight excluding hydrogens is 270 g/mol. The van der Waals surface area contributed by atoms with Crippen LogP contribution in [0.15, 0.2) is 0 Å². The van der Waals surface area contributed by atoms with Gasteiger partial charge in [-0.1, -0.05) is 0 Å². The molecule has 0 bridgehead atoms. The number of nitrogens with zero attached hydrogens (tertiary/aromatic N) is 1. The van der Waals surface area contributed by atoms with E-state index in [9.17, 15) is 14.8 Å². The van der Waals surface area contributed by atoms with Crippen LogP contribution >= 0.6 is 0 Å². The first-order valence-electron chi connectivity index (χ1n) is 7.54. The van der Waals surface area contributed by atoms with Gasteiger partial charge in [-0.15, -0.1) is 0 Å². The lowest BCUT2D eigenvalue weighted by atomic mass is 9.69. The van der Waals surface area contributed by atoms with Crippen molar-refractivity contribution in [3.8, 4) is 0 Å². The molecule has 122 valence electrons. The average Bonchev–Trinajstić information content (AvgIpc) is 2.30. The number of primary amides is 2. The van der Waals surface area contributed by atoms with Crippen LogP contribution in [-0.2, 0) is 9.59 Å². The Morgan fingerprint density at radius 1 is 1.19 bits per heavy atom. The van der Waals surface area contributed by atoms with E-state index in [0.717, 1.165) is 0 Å². The van der Waals surface area contributed by atoms with Crippen molar-refractivity contribution in [1.29, 1.82) is 0 Å². The minimum absolute atomic E-state index is 0.101. The smallest absolute Gasteiger partial charge is 0.220 e. The molecule has 1 fully saturated rings. The van der Waals surface area contributed by atoms with Gasteiger partial charge in [0.15, 0.2) is 0 Å². The predicted octanol–water partition coefficient (Wildman–Crippen LogP) is 1.40. The fourth-order valence-corrected chi connectivity index (χ4v) is 3.74. The SMILES string of the molecule is CC1(C)CC(C(CCCC(N)=O)C(N)=O)CC(C)(C)N1O. The highest BCUT2D eigenvalue weighted by Gasteiger charge is 2.47. The lowest BCUT2D eigenvalue weighted by Crippen LogP contribution is -2.60. The van der Waals surface area contributed by atoms with Crippen molar-refractivity contribution in [2.75, 3.05) is 0 Å². The van der Waals surface area contributed by atoms with Crippen molar-refractivity contribution in [3.05, 3.63) is 0 Å². The van der Waals surface area contributed by atoms with E-state index in [1.54, 1.807) is 0 Å². The first-order valence-corrected chi connectivity index (χ1v) is 7.54. The standard InChI is InChI=1S/C15H29N3O3/c1-14(2)8-10(9-15(3,4)18(14)21)11(13(17)20)6-5-7-12(16)19/h10-11,21H,5-9H2,1-4H3,(H2,16,19)(H2,17,20). The highest BCUT2D eigenvalue weighted by atomic mass is 16.5. The largest absolute Gasteiger partial charge is 0.370 e. The van der Waals surface area contributed by atoms with Crippen LogP contribution in [0.5, 0.6) is 0 Å². The summed E-state index contributed by atoms with van der Waals surface area (Å²) < 4.78 is 0. The summed E-state index contributed by atoms with van der Waals surface area (Å²) in [5.41, 5.74) is 9.88. The van der Waals surface area contributed by atoms with Crippen molar-refractivity contribution in [2.24, 2.45) is 23.3 Å². The van der Waals surface area contributed by atoms with Gasteiger partial charge in [-0.05, 0) is 59.3 Å². The first kappa shape index (κ1) is 17.9. The normalized spacial score (nSPS) is 23.7. The number of amides is 2. The first-order chi connectivity index (χ1) is 9.47. The molecule has 0 saturated carbocycles. The van der Waals surface area contributed by atoms with Gasteiger partial charge in [0, 0.05) is 23.4 Å². The van der Waals surface area contributed by atoms with Gasteiger partial charge in [0.05, 0.1) is 0 Å². The van der Waals surface area contributed by atoms with Crippen LogP contribution in [-0.4, -0.2) is 33.2 Å². The Morgan fingerprint density at radius 2 is 1.67 bits per heavy atom. The monoisotopic (exact) mass is 299 g/mol. The number of carbonyl (C=O) groups is 2. The molecule has 6 heteroatoms.